The predicted molar refractivity (Wildman–Crippen MR) is 109 cm³/mol. The molecular formula is C21H27N3O5. The number of ketones is 1. The highest BCUT2D eigenvalue weighted by Crippen LogP contribution is 2.24. The van der Waals surface area contributed by atoms with Gasteiger partial charge in [-0.3, -0.25) is 14.3 Å². The second-order valence-electron chi connectivity index (χ2n) is 7.07. The van der Waals surface area contributed by atoms with E-state index in [2.05, 4.69) is 17.0 Å². The molecule has 0 saturated carbocycles. The highest BCUT2D eigenvalue weighted by atomic mass is 16.6. The van der Waals surface area contributed by atoms with Crippen LogP contribution in [0.1, 0.15) is 44.1 Å². The van der Waals surface area contributed by atoms with Crippen LogP contribution in [-0.2, 0) is 16.1 Å². The molecule has 0 bridgehead atoms. The smallest absolute Gasteiger partial charge is 0.412 e. The fourth-order valence-electron chi connectivity index (χ4n) is 2.61. The number of carbonyl (C=O) groups is 3. The zero-order valence-electron chi connectivity index (χ0n) is 17.1. The molecule has 0 unspecified atom stereocenters. The van der Waals surface area contributed by atoms with E-state index in [1.54, 1.807) is 24.3 Å². The highest BCUT2D eigenvalue weighted by molar-refractivity contribution is 6.05. The number of fused-ring (bicyclic) bond motifs is 1. The molecule has 1 heterocycles. The molecule has 1 aromatic carbocycles. The molecule has 1 amide bonds. The van der Waals surface area contributed by atoms with Crippen LogP contribution in [0.25, 0.3) is 10.9 Å². The molecule has 0 saturated heterocycles. The van der Waals surface area contributed by atoms with Gasteiger partial charge in [-0.05, 0) is 30.9 Å². The van der Waals surface area contributed by atoms with Crippen molar-refractivity contribution in [1.82, 2.24) is 15.1 Å². The van der Waals surface area contributed by atoms with Crippen molar-refractivity contribution in [2.75, 3.05) is 13.2 Å². The van der Waals surface area contributed by atoms with E-state index in [0.29, 0.717) is 24.1 Å². The van der Waals surface area contributed by atoms with Crippen LogP contribution in [0, 0.1) is 5.92 Å². The van der Waals surface area contributed by atoms with Crippen molar-refractivity contribution in [1.29, 1.82) is 0 Å². The first kappa shape index (κ1) is 22.1. The first-order chi connectivity index (χ1) is 13.8. The van der Waals surface area contributed by atoms with Gasteiger partial charge in [0.15, 0.2) is 5.78 Å². The number of aromatic nitrogens is 2. The van der Waals surface area contributed by atoms with Gasteiger partial charge in [0.05, 0.1) is 12.1 Å². The molecule has 0 fully saturated rings. The Morgan fingerprint density at radius 1 is 1.31 bits per heavy atom. The van der Waals surface area contributed by atoms with Gasteiger partial charge < -0.3 is 14.8 Å². The molecule has 0 aliphatic carbocycles. The average molecular weight is 401 g/mol. The molecule has 0 aliphatic rings. The summed E-state index contributed by atoms with van der Waals surface area (Å²) in [5, 5.41) is 7.48. The van der Waals surface area contributed by atoms with Crippen molar-refractivity contribution in [3.63, 3.8) is 0 Å². The van der Waals surface area contributed by atoms with E-state index in [4.69, 9.17) is 9.47 Å². The number of rotatable bonds is 10. The zero-order valence-corrected chi connectivity index (χ0v) is 17.1. The maximum absolute atomic E-state index is 12.1. The first-order valence-corrected chi connectivity index (χ1v) is 9.55. The van der Waals surface area contributed by atoms with Gasteiger partial charge >= 0.3 is 12.1 Å². The number of carbonyl (C=O) groups excluding carboxylic acids is 3. The third-order valence-corrected chi connectivity index (χ3v) is 3.98. The zero-order chi connectivity index (χ0) is 21.4. The van der Waals surface area contributed by atoms with Gasteiger partial charge in [0.25, 0.3) is 0 Å². The molecule has 0 atom stereocenters. The number of allylic oxidation sites excluding steroid dienone is 1. The molecule has 8 nitrogen and oxygen atoms in total. The number of esters is 1. The third kappa shape index (κ3) is 6.44. The molecule has 0 spiro atoms. The van der Waals surface area contributed by atoms with Gasteiger partial charge in [0.2, 0.25) is 0 Å². The van der Waals surface area contributed by atoms with Crippen molar-refractivity contribution in [3.8, 4) is 5.75 Å². The monoisotopic (exact) mass is 401 g/mol. The Labute approximate surface area is 169 Å². The molecule has 0 aliphatic heterocycles. The number of hydrogen-bond acceptors (Lipinski definition) is 6. The Morgan fingerprint density at radius 2 is 2.07 bits per heavy atom. The van der Waals surface area contributed by atoms with Crippen LogP contribution < -0.4 is 10.1 Å². The summed E-state index contributed by atoms with van der Waals surface area (Å²) in [5.41, 5.74) is 0.755. The fourth-order valence-corrected chi connectivity index (χ4v) is 2.61. The minimum Gasteiger partial charge on any atom is -0.464 e. The van der Waals surface area contributed by atoms with Crippen LogP contribution in [0.3, 0.4) is 0 Å². The van der Waals surface area contributed by atoms with Crippen molar-refractivity contribution in [3.05, 3.63) is 36.5 Å². The third-order valence-electron chi connectivity index (χ3n) is 3.98. The summed E-state index contributed by atoms with van der Waals surface area (Å²) >= 11 is 0. The van der Waals surface area contributed by atoms with E-state index < -0.39 is 12.1 Å². The summed E-state index contributed by atoms with van der Waals surface area (Å²) in [5.74, 6) is -0.181. The van der Waals surface area contributed by atoms with E-state index in [0.717, 1.165) is 12.8 Å². The quantitative estimate of drug-likeness (QED) is 0.283. The number of unbranched alkanes of at least 4 members (excludes halogenated alkanes) is 1. The fraction of sp³-hybridized carbons (Fsp3) is 0.429. The predicted octanol–water partition coefficient (Wildman–Crippen LogP) is 3.49. The maximum atomic E-state index is 12.1. The summed E-state index contributed by atoms with van der Waals surface area (Å²) in [6, 6.07) is 4.81. The summed E-state index contributed by atoms with van der Waals surface area (Å²) in [7, 11) is 0. The van der Waals surface area contributed by atoms with Gasteiger partial charge in [0, 0.05) is 24.9 Å². The van der Waals surface area contributed by atoms with Gasteiger partial charge in [-0.15, -0.1) is 6.58 Å². The molecule has 8 heteroatoms. The lowest BCUT2D eigenvalue weighted by molar-refractivity contribution is -0.145. The molecular weight excluding hydrogens is 374 g/mol. The van der Waals surface area contributed by atoms with E-state index >= 15 is 0 Å². The van der Waals surface area contributed by atoms with Gasteiger partial charge in [-0.25, -0.2) is 4.79 Å². The number of nitrogens with zero attached hydrogens (tertiary/aromatic N) is 2. The largest absolute Gasteiger partial charge is 0.464 e. The van der Waals surface area contributed by atoms with Crippen molar-refractivity contribution < 1.29 is 23.9 Å². The lowest BCUT2D eigenvalue weighted by Crippen LogP contribution is -2.27. The minimum atomic E-state index is -0.581. The Morgan fingerprint density at radius 3 is 2.72 bits per heavy atom. The molecule has 2 aromatic rings. The standard InChI is InChI=1S/C21H27N3O5/c1-5-6-7-10-22-21(27)29-16-8-9-17-18(11-16)24(23-20(17)15(4)25)12-19(26)28-13-14(2)3/h5,8-9,11,14H,1,6-7,10,12-13H2,2-4H3,(H,22,27). The topological polar surface area (TPSA) is 99.5 Å². The number of hydrogen-bond donors (Lipinski definition) is 1. The van der Waals surface area contributed by atoms with E-state index in [1.165, 1.54) is 11.6 Å². The van der Waals surface area contributed by atoms with Crippen LogP contribution in [0.4, 0.5) is 4.79 Å². The van der Waals surface area contributed by atoms with E-state index in [-0.39, 0.29) is 29.7 Å². The van der Waals surface area contributed by atoms with E-state index in [1.807, 2.05) is 13.8 Å². The van der Waals surface area contributed by atoms with Crippen LogP contribution in [0.2, 0.25) is 0 Å². The summed E-state index contributed by atoms with van der Waals surface area (Å²) < 4.78 is 11.9. The first-order valence-electron chi connectivity index (χ1n) is 9.55. The van der Waals surface area contributed by atoms with Crippen LogP contribution in [0.15, 0.2) is 30.9 Å². The second kappa shape index (κ2) is 10.4. The van der Waals surface area contributed by atoms with Crippen molar-refractivity contribution in [2.24, 2.45) is 5.92 Å². The van der Waals surface area contributed by atoms with Crippen molar-refractivity contribution in [2.45, 2.75) is 40.2 Å². The Bertz CT molecular complexity index is 901. The number of nitrogens with one attached hydrogen (secondary N) is 1. The SMILES string of the molecule is C=CCCCNC(=O)Oc1ccc2c(C(C)=O)nn(CC(=O)OCC(C)C)c2c1. The molecule has 2 rings (SSSR count). The number of Topliss-reactive ketones (excluding diaryl/α,β-unsaturated/α-hetero) is 1. The minimum absolute atomic E-state index is 0.145. The Balaban J connectivity index is 2.19. The Kier molecular flexibility index (Phi) is 7.94. The summed E-state index contributed by atoms with van der Waals surface area (Å²) in [6.45, 7) is 9.55. The molecule has 29 heavy (non-hydrogen) atoms. The van der Waals surface area contributed by atoms with E-state index in [9.17, 15) is 14.4 Å². The van der Waals surface area contributed by atoms with Gasteiger partial charge in [0.1, 0.15) is 18.0 Å². The lowest BCUT2D eigenvalue weighted by atomic mass is 10.1. The number of benzene rings is 1. The Hall–Kier alpha value is -3.16. The van der Waals surface area contributed by atoms with Gasteiger partial charge in [-0.1, -0.05) is 19.9 Å². The van der Waals surface area contributed by atoms with Crippen molar-refractivity contribution >= 4 is 28.7 Å². The number of ether oxygens (including phenoxy) is 2. The summed E-state index contributed by atoms with van der Waals surface area (Å²) in [4.78, 5) is 35.9. The normalized spacial score (nSPS) is 10.8. The second-order valence-corrected chi connectivity index (χ2v) is 7.07. The van der Waals surface area contributed by atoms with Crippen LogP contribution >= 0.6 is 0 Å². The average Bonchev–Trinajstić information content (AvgIpc) is 3.02. The number of amides is 1. The molecule has 0 radical (unpaired) electrons. The van der Waals surface area contributed by atoms with Crippen LogP contribution in [-0.4, -0.2) is 40.8 Å². The highest BCUT2D eigenvalue weighted by Gasteiger charge is 2.18. The molecule has 156 valence electrons. The van der Waals surface area contributed by atoms with Crippen LogP contribution in [0.5, 0.6) is 5.75 Å². The summed E-state index contributed by atoms with van der Waals surface area (Å²) in [6.07, 6.45) is 2.76. The maximum Gasteiger partial charge on any atom is 0.412 e. The lowest BCUT2D eigenvalue weighted by Gasteiger charge is -2.09. The molecule has 1 aromatic heterocycles. The molecule has 1 N–H and O–H groups in total. The van der Waals surface area contributed by atoms with Gasteiger partial charge in [-0.2, -0.15) is 5.10 Å².